The molecule has 1 aliphatic heterocycles. The molecule has 0 atom stereocenters. The zero-order chi connectivity index (χ0) is 20.9. The molecule has 1 aromatic rings. The maximum atomic E-state index is 13.2. The average Bonchev–Trinajstić information content (AvgIpc) is 2.62. The fourth-order valence-corrected chi connectivity index (χ4v) is 3.10. The maximum absolute atomic E-state index is 13.2. The molecule has 1 heterocycles. The van der Waals surface area contributed by atoms with E-state index in [4.69, 9.17) is 5.73 Å². The third-order valence-electron chi connectivity index (χ3n) is 4.68. The van der Waals surface area contributed by atoms with E-state index in [0.29, 0.717) is 31.9 Å². The van der Waals surface area contributed by atoms with Crippen molar-refractivity contribution in [2.24, 2.45) is 11.1 Å². The predicted molar refractivity (Wildman–Crippen MR) is 105 cm³/mol. The highest BCUT2D eigenvalue weighted by Gasteiger charge is 2.30. The van der Waals surface area contributed by atoms with Crippen molar-refractivity contribution in [3.63, 3.8) is 0 Å². The number of amides is 3. The summed E-state index contributed by atoms with van der Waals surface area (Å²) in [7, 11) is 0. The molecule has 2 rings (SSSR count). The van der Waals surface area contributed by atoms with Gasteiger partial charge in [-0.3, -0.25) is 19.3 Å². The summed E-state index contributed by atoms with van der Waals surface area (Å²) in [5.74, 6) is -0.990. The first-order valence-corrected chi connectivity index (χ1v) is 9.44. The number of nitrogens with two attached hydrogens (primary N) is 1. The molecule has 3 amide bonds. The summed E-state index contributed by atoms with van der Waals surface area (Å²) in [5.41, 5.74) is 5.32. The highest BCUT2D eigenvalue weighted by Crippen LogP contribution is 2.19. The average molecular weight is 392 g/mol. The second-order valence-corrected chi connectivity index (χ2v) is 8.06. The van der Waals surface area contributed by atoms with Crippen molar-refractivity contribution < 1.29 is 18.8 Å². The number of piperazine rings is 1. The lowest BCUT2D eigenvalue weighted by Crippen LogP contribution is -2.53. The van der Waals surface area contributed by atoms with E-state index >= 15 is 0 Å². The summed E-state index contributed by atoms with van der Waals surface area (Å²) in [6, 6.07) is 5.57. The van der Waals surface area contributed by atoms with E-state index < -0.39 is 17.1 Å². The van der Waals surface area contributed by atoms with Crippen molar-refractivity contribution in [2.75, 3.05) is 44.2 Å². The van der Waals surface area contributed by atoms with Crippen LogP contribution in [-0.2, 0) is 14.4 Å². The first kappa shape index (κ1) is 21.8. The molecule has 8 heteroatoms. The number of anilines is 1. The Hall–Kier alpha value is -2.48. The fourth-order valence-electron chi connectivity index (χ4n) is 3.10. The number of carbonyl (C=O) groups is 3. The topological polar surface area (TPSA) is 87.0 Å². The van der Waals surface area contributed by atoms with Crippen LogP contribution in [0.4, 0.5) is 10.1 Å². The third kappa shape index (κ3) is 6.02. The Kier molecular flexibility index (Phi) is 7.12. The van der Waals surface area contributed by atoms with Gasteiger partial charge in [0.25, 0.3) is 0 Å². The molecule has 1 aliphatic rings. The van der Waals surface area contributed by atoms with Crippen molar-refractivity contribution in [3.8, 4) is 0 Å². The molecule has 28 heavy (non-hydrogen) atoms. The zero-order valence-electron chi connectivity index (χ0n) is 16.8. The smallest absolute Gasteiger partial charge is 0.241 e. The molecule has 0 unspecified atom stereocenters. The van der Waals surface area contributed by atoms with Gasteiger partial charge in [0.2, 0.25) is 17.7 Å². The van der Waals surface area contributed by atoms with Gasteiger partial charge < -0.3 is 15.5 Å². The molecule has 1 fully saturated rings. The zero-order valence-corrected chi connectivity index (χ0v) is 16.8. The molecule has 1 saturated heterocycles. The van der Waals surface area contributed by atoms with Crippen LogP contribution in [-0.4, -0.2) is 66.8 Å². The van der Waals surface area contributed by atoms with E-state index in [1.807, 2.05) is 30.6 Å². The van der Waals surface area contributed by atoms with Crippen molar-refractivity contribution in [3.05, 3.63) is 30.1 Å². The summed E-state index contributed by atoms with van der Waals surface area (Å²) in [4.78, 5) is 41.6. The minimum atomic E-state index is -0.505. The lowest BCUT2D eigenvalue weighted by Gasteiger charge is -2.38. The van der Waals surface area contributed by atoms with Crippen LogP contribution in [0.25, 0.3) is 0 Å². The van der Waals surface area contributed by atoms with Crippen LogP contribution in [0.15, 0.2) is 24.3 Å². The Labute approximate surface area is 165 Å². The van der Waals surface area contributed by atoms with Crippen LogP contribution < -0.4 is 10.6 Å². The van der Waals surface area contributed by atoms with Crippen LogP contribution in [0.2, 0.25) is 0 Å². The Morgan fingerprint density at radius 3 is 2.14 bits per heavy atom. The standard InChI is InChI=1S/C20H29FN4O3/c1-20(2,3)19(28)24-12-10-23(11-13-24)14-18(27)25(9-8-17(22)26)16-6-4-15(21)5-7-16/h4-7H,8-14H2,1-3H3,(H2,22,26). The Bertz CT molecular complexity index is 707. The molecule has 2 N–H and O–H groups in total. The van der Waals surface area contributed by atoms with E-state index in [1.54, 1.807) is 0 Å². The van der Waals surface area contributed by atoms with E-state index in [0.717, 1.165) is 0 Å². The number of carbonyl (C=O) groups excluding carboxylic acids is 3. The minimum Gasteiger partial charge on any atom is -0.370 e. The molecule has 0 radical (unpaired) electrons. The maximum Gasteiger partial charge on any atom is 0.241 e. The van der Waals surface area contributed by atoms with Gasteiger partial charge >= 0.3 is 0 Å². The van der Waals surface area contributed by atoms with Crippen LogP contribution in [0.3, 0.4) is 0 Å². The lowest BCUT2D eigenvalue weighted by atomic mass is 9.94. The van der Waals surface area contributed by atoms with E-state index in [2.05, 4.69) is 0 Å². The molecule has 0 aromatic heterocycles. The number of halogens is 1. The molecule has 0 aliphatic carbocycles. The molecular formula is C20H29FN4O3. The number of rotatable bonds is 6. The fraction of sp³-hybridized carbons (Fsp3) is 0.550. The number of hydrogen-bond acceptors (Lipinski definition) is 4. The molecule has 0 spiro atoms. The van der Waals surface area contributed by atoms with Crippen molar-refractivity contribution in [1.29, 1.82) is 0 Å². The number of primary amides is 1. The third-order valence-corrected chi connectivity index (χ3v) is 4.68. The van der Waals surface area contributed by atoms with Crippen LogP contribution in [0.5, 0.6) is 0 Å². The second-order valence-electron chi connectivity index (χ2n) is 8.06. The minimum absolute atomic E-state index is 0.0248. The molecular weight excluding hydrogens is 363 g/mol. The molecule has 7 nitrogen and oxygen atoms in total. The normalized spacial score (nSPS) is 15.4. The number of benzene rings is 1. The quantitative estimate of drug-likeness (QED) is 0.789. The highest BCUT2D eigenvalue weighted by atomic mass is 19.1. The molecule has 0 bridgehead atoms. The Morgan fingerprint density at radius 2 is 1.64 bits per heavy atom. The largest absolute Gasteiger partial charge is 0.370 e. The predicted octanol–water partition coefficient (Wildman–Crippen LogP) is 1.22. The van der Waals surface area contributed by atoms with Gasteiger partial charge in [-0.2, -0.15) is 0 Å². The van der Waals surface area contributed by atoms with E-state index in [1.165, 1.54) is 29.2 Å². The second kappa shape index (κ2) is 9.14. The molecule has 154 valence electrons. The SMILES string of the molecule is CC(C)(C)C(=O)N1CCN(CC(=O)N(CCC(N)=O)c2ccc(F)cc2)CC1. The van der Waals surface area contributed by atoms with Gasteiger partial charge in [-0.15, -0.1) is 0 Å². The van der Waals surface area contributed by atoms with Crippen molar-refractivity contribution in [2.45, 2.75) is 27.2 Å². The molecule has 1 aromatic carbocycles. The van der Waals surface area contributed by atoms with Gasteiger partial charge in [0.05, 0.1) is 6.54 Å². The van der Waals surface area contributed by atoms with Gasteiger partial charge in [-0.05, 0) is 24.3 Å². The van der Waals surface area contributed by atoms with Gasteiger partial charge in [0, 0.05) is 50.2 Å². The molecule has 0 saturated carbocycles. The lowest BCUT2D eigenvalue weighted by molar-refractivity contribution is -0.141. The van der Waals surface area contributed by atoms with Crippen molar-refractivity contribution in [1.82, 2.24) is 9.80 Å². The van der Waals surface area contributed by atoms with Gasteiger partial charge in [0.1, 0.15) is 5.82 Å². The summed E-state index contributed by atoms with van der Waals surface area (Å²) in [5, 5.41) is 0. The van der Waals surface area contributed by atoms with Crippen molar-refractivity contribution >= 4 is 23.4 Å². The monoisotopic (exact) mass is 392 g/mol. The summed E-state index contributed by atoms with van der Waals surface area (Å²) >= 11 is 0. The van der Waals surface area contributed by atoms with E-state index in [-0.39, 0.29) is 31.3 Å². The van der Waals surface area contributed by atoms with Gasteiger partial charge in [-0.1, -0.05) is 20.8 Å². The Balaban J connectivity index is 1.99. The number of hydrogen-bond donors (Lipinski definition) is 1. The van der Waals surface area contributed by atoms with Crippen LogP contribution in [0, 0.1) is 11.2 Å². The first-order valence-electron chi connectivity index (χ1n) is 9.44. The van der Waals surface area contributed by atoms with E-state index in [9.17, 15) is 18.8 Å². The van der Waals surface area contributed by atoms with Gasteiger partial charge in [0.15, 0.2) is 0 Å². The first-order chi connectivity index (χ1) is 13.1. The highest BCUT2D eigenvalue weighted by molar-refractivity contribution is 5.95. The number of nitrogens with zero attached hydrogens (tertiary/aromatic N) is 3. The summed E-state index contributed by atoms with van der Waals surface area (Å²) in [6.07, 6.45) is 0.0248. The Morgan fingerprint density at radius 1 is 1.07 bits per heavy atom. The van der Waals surface area contributed by atoms with Gasteiger partial charge in [-0.25, -0.2) is 4.39 Å². The summed E-state index contributed by atoms with van der Waals surface area (Å²) < 4.78 is 13.2. The van der Waals surface area contributed by atoms with Crippen LogP contribution >= 0.6 is 0 Å². The van der Waals surface area contributed by atoms with Crippen LogP contribution in [0.1, 0.15) is 27.2 Å². The summed E-state index contributed by atoms with van der Waals surface area (Å²) in [6.45, 7) is 8.32.